The average molecular weight is 324 g/mol. The summed E-state index contributed by atoms with van der Waals surface area (Å²) < 4.78 is 0.966. The molecule has 0 spiro atoms. The second-order valence-electron chi connectivity index (χ2n) is 4.61. The summed E-state index contributed by atoms with van der Waals surface area (Å²) in [6.07, 6.45) is 4.87. The van der Waals surface area contributed by atoms with E-state index in [1.165, 1.54) is 6.08 Å². The fourth-order valence-corrected chi connectivity index (χ4v) is 2.21. The standard InChI is InChI=1S/C14H14BrNO3/c15-11-5-2-10(3-6-11)4-7-12(17)16-14(13(18)19)8-1-9-14/h2-7H,1,8-9H2,(H,16,17)(H,18,19)/b7-4+. The number of hydrogen-bond donors (Lipinski definition) is 2. The number of halogens is 1. The van der Waals surface area contributed by atoms with Crippen LogP contribution in [0.1, 0.15) is 24.8 Å². The minimum absolute atomic E-state index is 0.370. The highest BCUT2D eigenvalue weighted by Crippen LogP contribution is 2.31. The van der Waals surface area contributed by atoms with Gasteiger partial charge in [0.05, 0.1) is 0 Å². The molecular weight excluding hydrogens is 310 g/mol. The van der Waals surface area contributed by atoms with Crippen molar-refractivity contribution in [3.8, 4) is 0 Å². The van der Waals surface area contributed by atoms with Crippen LogP contribution in [-0.2, 0) is 9.59 Å². The van der Waals surface area contributed by atoms with Gasteiger partial charge in [0.2, 0.25) is 5.91 Å². The van der Waals surface area contributed by atoms with Crippen LogP contribution >= 0.6 is 15.9 Å². The Morgan fingerprint density at radius 3 is 2.37 bits per heavy atom. The molecule has 0 atom stereocenters. The van der Waals surface area contributed by atoms with E-state index in [1.54, 1.807) is 6.08 Å². The molecule has 1 saturated carbocycles. The van der Waals surface area contributed by atoms with Gasteiger partial charge in [-0.15, -0.1) is 0 Å². The Hall–Kier alpha value is -1.62. The number of carboxylic acid groups (broad SMARTS) is 1. The van der Waals surface area contributed by atoms with Crippen LogP contribution in [0.2, 0.25) is 0 Å². The topological polar surface area (TPSA) is 66.4 Å². The highest BCUT2D eigenvalue weighted by molar-refractivity contribution is 9.10. The van der Waals surface area contributed by atoms with Gasteiger partial charge in [-0.3, -0.25) is 4.79 Å². The minimum Gasteiger partial charge on any atom is -0.480 e. The molecule has 100 valence electrons. The number of hydrogen-bond acceptors (Lipinski definition) is 2. The first-order valence-electron chi connectivity index (χ1n) is 6.01. The average Bonchev–Trinajstić information content (AvgIpc) is 2.32. The number of carbonyl (C=O) groups is 2. The summed E-state index contributed by atoms with van der Waals surface area (Å²) in [7, 11) is 0. The van der Waals surface area contributed by atoms with Gasteiger partial charge in [-0.2, -0.15) is 0 Å². The number of benzene rings is 1. The molecule has 1 aromatic rings. The first-order chi connectivity index (χ1) is 9.02. The summed E-state index contributed by atoms with van der Waals surface area (Å²) >= 11 is 3.33. The third-order valence-electron chi connectivity index (χ3n) is 3.28. The third-order valence-corrected chi connectivity index (χ3v) is 3.80. The molecule has 19 heavy (non-hydrogen) atoms. The van der Waals surface area contributed by atoms with Gasteiger partial charge in [0.25, 0.3) is 0 Å². The monoisotopic (exact) mass is 323 g/mol. The largest absolute Gasteiger partial charge is 0.480 e. The summed E-state index contributed by atoms with van der Waals surface area (Å²) in [4.78, 5) is 22.8. The maximum atomic E-state index is 11.7. The van der Waals surface area contributed by atoms with Crippen molar-refractivity contribution < 1.29 is 14.7 Å². The number of carbonyl (C=O) groups excluding carboxylic acids is 1. The quantitative estimate of drug-likeness (QED) is 0.837. The zero-order chi connectivity index (χ0) is 13.9. The summed E-state index contributed by atoms with van der Waals surface area (Å²) in [6.45, 7) is 0. The molecule has 0 saturated heterocycles. The molecule has 0 bridgehead atoms. The van der Waals surface area contributed by atoms with Crippen LogP contribution in [-0.4, -0.2) is 22.5 Å². The van der Waals surface area contributed by atoms with Crippen molar-refractivity contribution in [1.82, 2.24) is 5.32 Å². The lowest BCUT2D eigenvalue weighted by Crippen LogP contribution is -2.58. The third kappa shape index (κ3) is 3.23. The van der Waals surface area contributed by atoms with Crippen molar-refractivity contribution in [2.75, 3.05) is 0 Å². The van der Waals surface area contributed by atoms with E-state index in [-0.39, 0.29) is 5.91 Å². The summed E-state index contributed by atoms with van der Waals surface area (Å²) in [5.41, 5.74) is -0.169. The number of amides is 1. The lowest BCUT2D eigenvalue weighted by atomic mass is 9.77. The molecule has 1 fully saturated rings. The molecule has 2 N–H and O–H groups in total. The predicted octanol–water partition coefficient (Wildman–Crippen LogP) is 2.59. The van der Waals surface area contributed by atoms with Gasteiger partial charge in [-0.25, -0.2) is 4.79 Å². The molecule has 2 rings (SSSR count). The molecule has 1 amide bonds. The fourth-order valence-electron chi connectivity index (χ4n) is 1.95. The Morgan fingerprint density at radius 1 is 1.26 bits per heavy atom. The van der Waals surface area contributed by atoms with Gasteiger partial charge in [0.1, 0.15) is 5.54 Å². The molecule has 4 nitrogen and oxygen atoms in total. The number of carboxylic acids is 1. The highest BCUT2D eigenvalue weighted by Gasteiger charge is 2.45. The summed E-state index contributed by atoms with van der Waals surface area (Å²) in [5, 5.41) is 11.7. The van der Waals surface area contributed by atoms with Crippen LogP contribution in [0.25, 0.3) is 6.08 Å². The van der Waals surface area contributed by atoms with E-state index in [4.69, 9.17) is 5.11 Å². The predicted molar refractivity (Wildman–Crippen MR) is 75.5 cm³/mol. The lowest BCUT2D eigenvalue weighted by Gasteiger charge is -2.37. The molecule has 0 unspecified atom stereocenters. The van der Waals surface area contributed by atoms with Gasteiger partial charge in [0, 0.05) is 10.5 Å². The highest BCUT2D eigenvalue weighted by atomic mass is 79.9. The lowest BCUT2D eigenvalue weighted by molar-refractivity contribution is -0.151. The number of rotatable bonds is 4. The molecule has 1 aliphatic carbocycles. The Morgan fingerprint density at radius 2 is 1.89 bits per heavy atom. The summed E-state index contributed by atoms with van der Waals surface area (Å²) in [6, 6.07) is 7.48. The molecular formula is C14H14BrNO3. The Balaban J connectivity index is 1.97. The van der Waals surface area contributed by atoms with Crippen molar-refractivity contribution >= 4 is 33.9 Å². The van der Waals surface area contributed by atoms with Crippen LogP contribution < -0.4 is 5.32 Å². The van der Waals surface area contributed by atoms with Crippen molar-refractivity contribution in [2.24, 2.45) is 0 Å². The Bertz CT molecular complexity index is 518. The molecule has 1 aromatic carbocycles. The van der Waals surface area contributed by atoms with Gasteiger partial charge >= 0.3 is 5.97 Å². The van der Waals surface area contributed by atoms with Crippen LogP contribution in [0.15, 0.2) is 34.8 Å². The van der Waals surface area contributed by atoms with Gasteiger partial charge in [0.15, 0.2) is 0 Å². The van der Waals surface area contributed by atoms with E-state index in [0.717, 1.165) is 16.5 Å². The van der Waals surface area contributed by atoms with E-state index in [0.29, 0.717) is 12.8 Å². The van der Waals surface area contributed by atoms with Gasteiger partial charge < -0.3 is 10.4 Å². The van der Waals surface area contributed by atoms with Crippen LogP contribution in [0.5, 0.6) is 0 Å². The molecule has 0 heterocycles. The Kier molecular flexibility index (Phi) is 4.04. The second-order valence-corrected chi connectivity index (χ2v) is 5.53. The van der Waals surface area contributed by atoms with Gasteiger partial charge in [-0.1, -0.05) is 28.1 Å². The minimum atomic E-state index is -1.05. The second kappa shape index (κ2) is 5.57. The normalized spacial score (nSPS) is 16.9. The maximum Gasteiger partial charge on any atom is 0.329 e. The molecule has 0 aromatic heterocycles. The van der Waals surface area contributed by atoms with Crippen molar-refractivity contribution in [3.05, 3.63) is 40.4 Å². The van der Waals surface area contributed by atoms with E-state index in [2.05, 4.69) is 21.2 Å². The number of nitrogens with one attached hydrogen (secondary N) is 1. The zero-order valence-corrected chi connectivity index (χ0v) is 11.8. The first-order valence-corrected chi connectivity index (χ1v) is 6.80. The Labute approximate surface area is 119 Å². The molecule has 0 aliphatic heterocycles. The summed E-state index contributed by atoms with van der Waals surface area (Å²) in [5.74, 6) is -1.32. The molecule has 1 aliphatic rings. The first kappa shape index (κ1) is 13.8. The van der Waals surface area contributed by atoms with Crippen molar-refractivity contribution in [3.63, 3.8) is 0 Å². The van der Waals surface area contributed by atoms with Crippen LogP contribution in [0.4, 0.5) is 0 Å². The van der Waals surface area contributed by atoms with Crippen molar-refractivity contribution in [2.45, 2.75) is 24.8 Å². The number of aliphatic carboxylic acids is 1. The van der Waals surface area contributed by atoms with E-state index < -0.39 is 11.5 Å². The van der Waals surface area contributed by atoms with Crippen LogP contribution in [0, 0.1) is 0 Å². The smallest absolute Gasteiger partial charge is 0.329 e. The maximum absolute atomic E-state index is 11.7. The fraction of sp³-hybridized carbons (Fsp3) is 0.286. The molecule has 5 heteroatoms. The van der Waals surface area contributed by atoms with E-state index in [1.807, 2.05) is 24.3 Å². The van der Waals surface area contributed by atoms with E-state index in [9.17, 15) is 9.59 Å². The van der Waals surface area contributed by atoms with Crippen molar-refractivity contribution in [1.29, 1.82) is 0 Å². The zero-order valence-electron chi connectivity index (χ0n) is 10.2. The molecule has 0 radical (unpaired) electrons. The SMILES string of the molecule is O=C(/C=C/c1ccc(Br)cc1)NC1(C(=O)O)CCC1. The van der Waals surface area contributed by atoms with Gasteiger partial charge in [-0.05, 0) is 43.0 Å². The van der Waals surface area contributed by atoms with Crippen LogP contribution in [0.3, 0.4) is 0 Å². The van der Waals surface area contributed by atoms with E-state index >= 15 is 0 Å².